The highest BCUT2D eigenvalue weighted by molar-refractivity contribution is 14.0. The standard InChI is InChI=1S/C19H26N4O2S.HI/c1-22(2)18(24)12-21-19(23(3)13-16-9-10-26-14-16)20-11-15-5-7-17(25-4)8-6-15;/h5-10,14H,11-13H2,1-4H3,(H,20,21);1H. The van der Waals surface area contributed by atoms with Crippen LogP contribution < -0.4 is 10.1 Å². The summed E-state index contributed by atoms with van der Waals surface area (Å²) >= 11 is 1.67. The normalized spacial score (nSPS) is 10.7. The number of methoxy groups -OCH3 is 1. The van der Waals surface area contributed by atoms with E-state index in [0.717, 1.165) is 17.9 Å². The molecule has 0 aliphatic rings. The van der Waals surface area contributed by atoms with Crippen molar-refractivity contribution >= 4 is 47.2 Å². The largest absolute Gasteiger partial charge is 0.497 e. The Labute approximate surface area is 182 Å². The number of halogens is 1. The number of guanidine groups is 1. The molecular weight excluding hydrogens is 475 g/mol. The lowest BCUT2D eigenvalue weighted by molar-refractivity contribution is -0.127. The van der Waals surface area contributed by atoms with Crippen molar-refractivity contribution in [1.82, 2.24) is 15.1 Å². The number of carbonyl (C=O) groups is 1. The number of thiophene rings is 1. The Balaban J connectivity index is 0.00000364. The van der Waals surface area contributed by atoms with Crippen LogP contribution in [0.25, 0.3) is 0 Å². The van der Waals surface area contributed by atoms with Gasteiger partial charge in [-0.25, -0.2) is 4.99 Å². The second-order valence-electron chi connectivity index (χ2n) is 6.12. The molecular formula is C19H27IN4O2S. The Morgan fingerprint density at radius 1 is 1.15 bits per heavy atom. The molecule has 2 rings (SSSR count). The second kappa shape index (κ2) is 11.8. The molecule has 0 saturated carbocycles. The lowest BCUT2D eigenvalue weighted by atomic mass is 10.2. The zero-order valence-electron chi connectivity index (χ0n) is 16.1. The summed E-state index contributed by atoms with van der Waals surface area (Å²) in [4.78, 5) is 20.2. The zero-order valence-corrected chi connectivity index (χ0v) is 19.3. The molecule has 1 N–H and O–H groups in total. The van der Waals surface area contributed by atoms with E-state index in [9.17, 15) is 4.79 Å². The van der Waals surface area contributed by atoms with E-state index in [-0.39, 0.29) is 36.4 Å². The van der Waals surface area contributed by atoms with Crippen LogP contribution in [0.2, 0.25) is 0 Å². The van der Waals surface area contributed by atoms with E-state index in [0.29, 0.717) is 12.5 Å². The molecule has 6 nitrogen and oxygen atoms in total. The van der Waals surface area contributed by atoms with Crippen molar-refractivity contribution in [3.8, 4) is 5.75 Å². The van der Waals surface area contributed by atoms with Crippen LogP contribution in [-0.4, -0.2) is 56.5 Å². The van der Waals surface area contributed by atoms with Crippen LogP contribution >= 0.6 is 35.3 Å². The summed E-state index contributed by atoms with van der Waals surface area (Å²) in [7, 11) is 7.11. The molecule has 1 amide bonds. The van der Waals surface area contributed by atoms with Crippen molar-refractivity contribution in [2.45, 2.75) is 13.1 Å². The van der Waals surface area contributed by atoms with Crippen LogP contribution in [0.15, 0.2) is 46.1 Å². The average Bonchev–Trinajstić information content (AvgIpc) is 3.14. The molecule has 1 heterocycles. The molecule has 148 valence electrons. The Morgan fingerprint density at radius 2 is 1.85 bits per heavy atom. The number of hydrogen-bond acceptors (Lipinski definition) is 4. The number of amides is 1. The van der Waals surface area contributed by atoms with Crippen molar-refractivity contribution in [2.75, 3.05) is 34.8 Å². The van der Waals surface area contributed by atoms with E-state index < -0.39 is 0 Å². The monoisotopic (exact) mass is 502 g/mol. The maximum atomic E-state index is 11.9. The van der Waals surface area contributed by atoms with Crippen molar-refractivity contribution in [3.05, 3.63) is 52.2 Å². The van der Waals surface area contributed by atoms with Crippen LogP contribution in [-0.2, 0) is 17.9 Å². The molecule has 0 spiro atoms. The van der Waals surface area contributed by atoms with E-state index in [1.54, 1.807) is 37.4 Å². The van der Waals surface area contributed by atoms with Crippen molar-refractivity contribution < 1.29 is 9.53 Å². The van der Waals surface area contributed by atoms with Crippen LogP contribution in [0.4, 0.5) is 0 Å². The molecule has 27 heavy (non-hydrogen) atoms. The third-order valence-corrected chi connectivity index (χ3v) is 4.56. The van der Waals surface area contributed by atoms with E-state index in [2.05, 4.69) is 27.1 Å². The van der Waals surface area contributed by atoms with Gasteiger partial charge in [0.1, 0.15) is 5.75 Å². The highest BCUT2D eigenvalue weighted by Crippen LogP contribution is 2.12. The highest BCUT2D eigenvalue weighted by Gasteiger charge is 2.11. The van der Waals surface area contributed by atoms with Gasteiger partial charge in [-0.1, -0.05) is 12.1 Å². The predicted molar refractivity (Wildman–Crippen MR) is 122 cm³/mol. The van der Waals surface area contributed by atoms with Gasteiger partial charge in [0.05, 0.1) is 20.2 Å². The first-order valence-electron chi connectivity index (χ1n) is 8.33. The van der Waals surface area contributed by atoms with Gasteiger partial charge in [0, 0.05) is 27.7 Å². The van der Waals surface area contributed by atoms with Crippen LogP contribution in [0.5, 0.6) is 5.75 Å². The van der Waals surface area contributed by atoms with Gasteiger partial charge in [0.25, 0.3) is 0 Å². The average molecular weight is 502 g/mol. The minimum Gasteiger partial charge on any atom is -0.497 e. The van der Waals surface area contributed by atoms with Gasteiger partial charge in [0.2, 0.25) is 5.91 Å². The number of benzene rings is 1. The molecule has 1 aromatic heterocycles. The number of ether oxygens (including phenoxy) is 1. The summed E-state index contributed by atoms with van der Waals surface area (Å²) in [5, 5.41) is 7.34. The fourth-order valence-electron chi connectivity index (χ4n) is 2.25. The van der Waals surface area contributed by atoms with Gasteiger partial charge in [-0.15, -0.1) is 24.0 Å². The van der Waals surface area contributed by atoms with Crippen LogP contribution in [0.3, 0.4) is 0 Å². The fraction of sp³-hybridized carbons (Fsp3) is 0.368. The molecule has 0 unspecified atom stereocenters. The summed E-state index contributed by atoms with van der Waals surface area (Å²) in [6, 6.07) is 9.91. The number of rotatable bonds is 7. The second-order valence-corrected chi connectivity index (χ2v) is 6.90. The van der Waals surface area contributed by atoms with Crippen LogP contribution in [0.1, 0.15) is 11.1 Å². The number of nitrogens with zero attached hydrogens (tertiary/aromatic N) is 3. The molecule has 2 aromatic rings. The SMILES string of the molecule is COc1ccc(CN=C(NCC(=O)N(C)C)N(C)Cc2ccsc2)cc1.I. The first-order chi connectivity index (χ1) is 12.5. The minimum absolute atomic E-state index is 0. The third kappa shape index (κ3) is 7.76. The summed E-state index contributed by atoms with van der Waals surface area (Å²) in [6.45, 7) is 1.47. The molecule has 0 aliphatic carbocycles. The first-order valence-corrected chi connectivity index (χ1v) is 9.27. The number of hydrogen-bond donors (Lipinski definition) is 1. The lowest BCUT2D eigenvalue weighted by Crippen LogP contribution is -2.43. The number of carbonyl (C=O) groups excluding carboxylic acids is 1. The quantitative estimate of drug-likeness (QED) is 0.360. The van der Waals surface area contributed by atoms with Gasteiger partial charge in [-0.3, -0.25) is 4.79 Å². The van der Waals surface area contributed by atoms with Gasteiger partial charge in [-0.05, 0) is 40.1 Å². The van der Waals surface area contributed by atoms with Gasteiger partial charge in [0.15, 0.2) is 5.96 Å². The number of aliphatic imine (C=N–C) groups is 1. The summed E-state index contributed by atoms with van der Waals surface area (Å²) in [5.74, 6) is 1.52. The van der Waals surface area contributed by atoms with E-state index in [4.69, 9.17) is 4.74 Å². The molecule has 8 heteroatoms. The molecule has 0 bridgehead atoms. The van der Waals surface area contributed by atoms with Crippen molar-refractivity contribution in [2.24, 2.45) is 4.99 Å². The first kappa shape index (κ1) is 23.2. The van der Waals surface area contributed by atoms with Crippen LogP contribution in [0, 0.1) is 0 Å². The Bertz CT molecular complexity index is 718. The maximum Gasteiger partial charge on any atom is 0.241 e. The van der Waals surface area contributed by atoms with E-state index >= 15 is 0 Å². The summed E-state index contributed by atoms with van der Waals surface area (Å²) in [6.07, 6.45) is 0. The number of likely N-dealkylation sites (N-methyl/N-ethyl adjacent to an activating group) is 1. The fourth-order valence-corrected chi connectivity index (χ4v) is 2.91. The lowest BCUT2D eigenvalue weighted by Gasteiger charge is -2.22. The Hall–Kier alpha value is -1.81. The predicted octanol–water partition coefficient (Wildman–Crippen LogP) is 3.04. The van der Waals surface area contributed by atoms with Gasteiger partial charge < -0.3 is 19.9 Å². The Morgan fingerprint density at radius 3 is 2.41 bits per heavy atom. The maximum absolute atomic E-state index is 11.9. The topological polar surface area (TPSA) is 57.2 Å². The van der Waals surface area contributed by atoms with E-state index in [1.165, 1.54) is 5.56 Å². The smallest absolute Gasteiger partial charge is 0.241 e. The third-order valence-electron chi connectivity index (χ3n) is 3.83. The highest BCUT2D eigenvalue weighted by atomic mass is 127. The van der Waals surface area contributed by atoms with E-state index in [1.807, 2.05) is 36.2 Å². The Kier molecular flexibility index (Phi) is 10.2. The minimum atomic E-state index is 0. The van der Waals surface area contributed by atoms with Gasteiger partial charge >= 0.3 is 0 Å². The summed E-state index contributed by atoms with van der Waals surface area (Å²) < 4.78 is 5.18. The molecule has 0 radical (unpaired) electrons. The summed E-state index contributed by atoms with van der Waals surface area (Å²) in [5.41, 5.74) is 2.29. The van der Waals surface area contributed by atoms with Crippen molar-refractivity contribution in [1.29, 1.82) is 0 Å². The zero-order chi connectivity index (χ0) is 18.9. The molecule has 0 fully saturated rings. The molecule has 0 saturated heterocycles. The number of nitrogens with one attached hydrogen (secondary N) is 1. The van der Waals surface area contributed by atoms with Crippen molar-refractivity contribution in [3.63, 3.8) is 0 Å². The molecule has 1 aromatic carbocycles. The molecule has 0 aliphatic heterocycles. The van der Waals surface area contributed by atoms with Gasteiger partial charge in [-0.2, -0.15) is 11.3 Å². The molecule has 0 atom stereocenters.